The van der Waals surface area contributed by atoms with Crippen molar-refractivity contribution in [1.82, 2.24) is 26.2 Å². The first kappa shape index (κ1) is 55.9. The van der Waals surface area contributed by atoms with Gasteiger partial charge < -0.3 is 21.3 Å². The fourth-order valence-electron chi connectivity index (χ4n) is 13.1. The third-order valence-corrected chi connectivity index (χ3v) is 17.8. The van der Waals surface area contributed by atoms with Crippen molar-refractivity contribution in [3.05, 3.63) is 106 Å². The lowest BCUT2D eigenvalue weighted by Crippen LogP contribution is -2.54. The summed E-state index contributed by atoms with van der Waals surface area (Å²) in [7, 11) is 5.01. The molecule has 3 aromatic carbocycles. The fraction of sp³-hybridized carbons (Fsp3) is 0.656. The van der Waals surface area contributed by atoms with Gasteiger partial charge in [-0.15, -0.1) is 0 Å². The molecule has 3 amide bonds. The molecular weight excluding hydrogens is 851 g/mol. The molecule has 10 rings (SSSR count). The van der Waals surface area contributed by atoms with Crippen LogP contribution in [-0.2, 0) is 19.5 Å². The Labute approximate surface area is 420 Å². The van der Waals surface area contributed by atoms with Crippen LogP contribution in [0.3, 0.4) is 0 Å². The molecule has 382 valence electrons. The summed E-state index contributed by atoms with van der Waals surface area (Å²) in [5, 5.41) is 11.6. The summed E-state index contributed by atoms with van der Waals surface area (Å²) in [6.45, 7) is 17.6. The van der Waals surface area contributed by atoms with Crippen LogP contribution in [0.1, 0.15) is 193 Å². The van der Waals surface area contributed by atoms with Gasteiger partial charge in [-0.05, 0) is 176 Å². The molecule has 7 aliphatic carbocycles. The third kappa shape index (κ3) is 15.2. The quantitative estimate of drug-likeness (QED) is 0.0897. The molecular formula is C61H95N5O3. The van der Waals surface area contributed by atoms with Crippen molar-refractivity contribution in [2.24, 2.45) is 52.3 Å². The Bertz CT molecular complexity index is 2000. The van der Waals surface area contributed by atoms with E-state index in [0.29, 0.717) is 10.8 Å². The largest absolute Gasteiger partial charge is 0.355 e. The number of benzene rings is 3. The highest BCUT2D eigenvalue weighted by molar-refractivity contribution is 5.94. The van der Waals surface area contributed by atoms with Crippen molar-refractivity contribution >= 4 is 17.7 Å². The maximum Gasteiger partial charge on any atom is 0.251 e. The van der Waals surface area contributed by atoms with Gasteiger partial charge in [-0.25, -0.2) is 0 Å². The second-order valence-electron chi connectivity index (χ2n) is 22.7. The first-order chi connectivity index (χ1) is 32.8. The Morgan fingerprint density at radius 2 is 1.06 bits per heavy atom. The van der Waals surface area contributed by atoms with Gasteiger partial charge in [0.05, 0.1) is 0 Å². The van der Waals surface area contributed by atoms with Crippen LogP contribution in [0.15, 0.2) is 72.8 Å². The number of carbonyl (C=O) groups is 3. The number of amides is 3. The molecule has 6 unspecified atom stereocenters. The molecule has 69 heavy (non-hydrogen) atoms. The van der Waals surface area contributed by atoms with Crippen LogP contribution in [0.2, 0.25) is 0 Å². The zero-order valence-corrected chi connectivity index (χ0v) is 43.7. The molecule has 7 fully saturated rings. The topological polar surface area (TPSA) is 103 Å². The van der Waals surface area contributed by atoms with E-state index < -0.39 is 0 Å². The monoisotopic (exact) mass is 946 g/mol. The first-order valence-electron chi connectivity index (χ1n) is 27.1. The highest BCUT2D eigenvalue weighted by atomic mass is 16.2. The van der Waals surface area contributed by atoms with E-state index in [1.165, 1.54) is 133 Å². The molecule has 0 aromatic heterocycles. The molecule has 7 saturated carbocycles. The van der Waals surface area contributed by atoms with Crippen molar-refractivity contribution in [3.63, 3.8) is 0 Å². The SMILES string of the molecule is C.CCCCCN(Cc1ccc(C(=O)NC)cc1)CC1CCC2CC1C2(C)C.CNC(=O)c1ccc(CCCC2CCCCC2)cc1.CNC(=O)c1ccc(CNCC2CCC3CC2C3(C)C)cc1. The maximum atomic E-state index is 11.8. The van der Waals surface area contributed by atoms with Gasteiger partial charge in [0.1, 0.15) is 0 Å². The number of nitrogens with one attached hydrogen (secondary N) is 4. The summed E-state index contributed by atoms with van der Waals surface area (Å²) in [6.07, 6.45) is 23.4. The summed E-state index contributed by atoms with van der Waals surface area (Å²) < 4.78 is 0. The van der Waals surface area contributed by atoms with Crippen molar-refractivity contribution in [2.75, 3.05) is 40.8 Å². The standard InChI is InChI=1S/C24H38N2O.C19H28N2O.C17H25NO.CH4/c1-5-6-7-14-26(16-18-8-10-19(11-9-18)23(27)25-4)17-20-12-13-21-15-22(20)24(21,2)3;1-19(2)16-9-8-15(17(19)10-16)12-21-11-13-4-6-14(7-5-13)18(22)20-3;1-18-17(19)16-12-10-15(11-13-16)9-5-8-14-6-3-2-4-7-14;/h8-11,20-22H,5-7,12-17H2,1-4H3,(H,25,27);4-7,15-17,21H,8-12H2,1-3H3,(H,20,22);10-14H,2-9H2,1H3,(H,18,19);1H4. The second kappa shape index (κ2) is 27.0. The Balaban J connectivity index is 0.000000195. The fourth-order valence-corrected chi connectivity index (χ4v) is 13.1. The molecule has 0 saturated heterocycles. The van der Waals surface area contributed by atoms with E-state index in [-0.39, 0.29) is 25.1 Å². The van der Waals surface area contributed by atoms with Crippen LogP contribution in [0, 0.1) is 52.3 Å². The zero-order chi connectivity index (χ0) is 48.7. The maximum absolute atomic E-state index is 11.8. The van der Waals surface area contributed by atoms with Gasteiger partial charge in [0.25, 0.3) is 17.7 Å². The molecule has 8 nitrogen and oxygen atoms in total. The smallest absolute Gasteiger partial charge is 0.251 e. The molecule has 4 bridgehead atoms. The minimum Gasteiger partial charge on any atom is -0.355 e. The second-order valence-corrected chi connectivity index (χ2v) is 22.7. The molecule has 3 aromatic rings. The van der Waals surface area contributed by atoms with Crippen LogP contribution < -0.4 is 21.3 Å². The van der Waals surface area contributed by atoms with Crippen LogP contribution >= 0.6 is 0 Å². The van der Waals surface area contributed by atoms with Gasteiger partial charge >= 0.3 is 0 Å². The van der Waals surface area contributed by atoms with Crippen molar-refractivity contribution < 1.29 is 14.4 Å². The van der Waals surface area contributed by atoms with Gasteiger partial charge in [0, 0.05) is 57.5 Å². The van der Waals surface area contributed by atoms with Crippen LogP contribution in [0.25, 0.3) is 0 Å². The Hall–Kier alpha value is -4.01. The lowest BCUT2D eigenvalue weighted by Gasteiger charge is -2.60. The van der Waals surface area contributed by atoms with Crippen molar-refractivity contribution in [2.45, 2.75) is 164 Å². The van der Waals surface area contributed by atoms with Gasteiger partial charge in [0.2, 0.25) is 0 Å². The lowest BCUT2D eigenvalue weighted by molar-refractivity contribution is -0.112. The number of aryl methyl sites for hydroxylation is 1. The van der Waals surface area contributed by atoms with E-state index in [4.69, 9.17) is 0 Å². The molecule has 8 heteroatoms. The van der Waals surface area contributed by atoms with Crippen LogP contribution in [-0.4, -0.2) is 63.4 Å². The average molecular weight is 946 g/mol. The van der Waals surface area contributed by atoms with Crippen LogP contribution in [0.4, 0.5) is 0 Å². The van der Waals surface area contributed by atoms with Gasteiger partial charge in [-0.2, -0.15) is 0 Å². The Kier molecular flexibility index (Phi) is 21.9. The van der Waals surface area contributed by atoms with E-state index in [1.54, 1.807) is 21.1 Å². The highest BCUT2D eigenvalue weighted by Gasteiger charge is 2.55. The minimum atomic E-state index is -0.0246. The number of hydrogen-bond acceptors (Lipinski definition) is 5. The van der Waals surface area contributed by atoms with Gasteiger partial charge in [-0.3, -0.25) is 19.3 Å². The lowest BCUT2D eigenvalue weighted by atomic mass is 9.45. The molecule has 0 heterocycles. The molecule has 7 aliphatic rings. The summed E-state index contributed by atoms with van der Waals surface area (Å²) in [5.41, 5.74) is 7.26. The van der Waals surface area contributed by atoms with E-state index in [1.807, 2.05) is 48.5 Å². The molecule has 6 atom stereocenters. The summed E-state index contributed by atoms with van der Waals surface area (Å²) in [5.74, 6) is 6.41. The Morgan fingerprint density at radius 1 is 0.580 bits per heavy atom. The summed E-state index contributed by atoms with van der Waals surface area (Å²) >= 11 is 0. The summed E-state index contributed by atoms with van der Waals surface area (Å²) in [4.78, 5) is 37.4. The van der Waals surface area contributed by atoms with Gasteiger partial charge in [-0.1, -0.05) is 130 Å². The number of nitrogens with zero attached hydrogens (tertiary/aromatic N) is 1. The number of fused-ring (bicyclic) bond motifs is 4. The molecule has 4 N–H and O–H groups in total. The van der Waals surface area contributed by atoms with E-state index >= 15 is 0 Å². The molecule has 0 radical (unpaired) electrons. The third-order valence-electron chi connectivity index (χ3n) is 17.8. The normalized spacial score (nSPS) is 23.8. The van der Waals surface area contributed by atoms with Crippen molar-refractivity contribution in [3.8, 4) is 0 Å². The Morgan fingerprint density at radius 3 is 1.54 bits per heavy atom. The predicted octanol–water partition coefficient (Wildman–Crippen LogP) is 12.9. The first-order valence-corrected chi connectivity index (χ1v) is 27.1. The average Bonchev–Trinajstić information content (AvgIpc) is 3.37. The number of carbonyl (C=O) groups excluding carboxylic acids is 3. The van der Waals surface area contributed by atoms with Gasteiger partial charge in [0.15, 0.2) is 0 Å². The molecule has 0 aliphatic heterocycles. The van der Waals surface area contributed by atoms with Crippen molar-refractivity contribution in [1.29, 1.82) is 0 Å². The number of hydrogen-bond donors (Lipinski definition) is 4. The predicted molar refractivity (Wildman–Crippen MR) is 288 cm³/mol. The van der Waals surface area contributed by atoms with E-state index in [0.717, 1.165) is 84.2 Å². The number of unbranched alkanes of at least 4 members (excludes halogenated alkanes) is 2. The van der Waals surface area contributed by atoms with E-state index in [9.17, 15) is 14.4 Å². The molecule has 0 spiro atoms. The zero-order valence-electron chi connectivity index (χ0n) is 43.7. The van der Waals surface area contributed by atoms with E-state index in [2.05, 4.69) is 85.1 Å². The number of rotatable bonds is 19. The summed E-state index contributed by atoms with van der Waals surface area (Å²) in [6, 6.07) is 24.1. The van der Waals surface area contributed by atoms with Crippen LogP contribution in [0.5, 0.6) is 0 Å². The minimum absolute atomic E-state index is 0. The highest BCUT2D eigenvalue weighted by Crippen LogP contribution is 2.62.